The van der Waals surface area contributed by atoms with E-state index in [9.17, 15) is 0 Å². The van der Waals surface area contributed by atoms with Gasteiger partial charge in [-0.1, -0.05) is 64.7 Å². The first-order chi connectivity index (χ1) is 10.8. The van der Waals surface area contributed by atoms with Crippen molar-refractivity contribution in [1.82, 2.24) is 5.32 Å². The molecule has 0 rings (SSSR count). The van der Waals surface area contributed by atoms with Crippen LogP contribution in [-0.4, -0.2) is 46.8 Å². The lowest BCUT2D eigenvalue weighted by Gasteiger charge is -2.24. The molecule has 0 aliphatic heterocycles. The van der Waals surface area contributed by atoms with Crippen molar-refractivity contribution in [1.29, 1.82) is 0 Å². The number of methoxy groups -OCH3 is 1. The highest BCUT2D eigenvalue weighted by Gasteiger charge is 2.16. The molecule has 0 heterocycles. The van der Waals surface area contributed by atoms with Gasteiger partial charge in [-0.05, 0) is 19.9 Å². The molecule has 0 bridgehead atoms. The predicted molar refractivity (Wildman–Crippen MR) is 96.7 cm³/mol. The van der Waals surface area contributed by atoms with Crippen molar-refractivity contribution in [3.05, 3.63) is 0 Å². The molecule has 0 saturated heterocycles. The molecule has 1 N–H and O–H groups in total. The van der Waals surface area contributed by atoms with E-state index in [1.807, 2.05) is 0 Å². The quantitative estimate of drug-likeness (QED) is 0.325. The Morgan fingerprint density at radius 2 is 1.45 bits per heavy atom. The van der Waals surface area contributed by atoms with Crippen molar-refractivity contribution in [2.45, 2.75) is 90.2 Å². The first-order valence-electron chi connectivity index (χ1n) is 9.30. The van der Waals surface area contributed by atoms with E-state index in [1.54, 1.807) is 7.11 Å². The molecule has 2 unspecified atom stereocenters. The minimum Gasteiger partial charge on any atom is -0.384 e. The highest BCUT2D eigenvalue weighted by molar-refractivity contribution is 6.08. The van der Waals surface area contributed by atoms with Crippen molar-refractivity contribution in [2.75, 3.05) is 26.8 Å². The third-order valence-electron chi connectivity index (χ3n) is 4.20. The van der Waals surface area contributed by atoms with Crippen LogP contribution in [0, 0.1) is 0 Å². The second kappa shape index (κ2) is 17.3. The van der Waals surface area contributed by atoms with E-state index in [-0.39, 0.29) is 18.7 Å². The van der Waals surface area contributed by atoms with Crippen LogP contribution in [0.25, 0.3) is 0 Å². The second-order valence-electron chi connectivity index (χ2n) is 6.25. The molecule has 0 aliphatic carbocycles. The van der Waals surface area contributed by atoms with Gasteiger partial charge >= 0.3 is 0 Å². The van der Waals surface area contributed by atoms with Gasteiger partial charge in [0, 0.05) is 19.7 Å². The van der Waals surface area contributed by atoms with Gasteiger partial charge in [-0.15, -0.1) is 0 Å². The normalized spacial score (nSPS) is 14.1. The van der Waals surface area contributed by atoms with Crippen LogP contribution >= 0.6 is 0 Å². The topological polar surface area (TPSA) is 30.5 Å². The van der Waals surface area contributed by atoms with Crippen molar-refractivity contribution in [3.63, 3.8) is 0 Å². The van der Waals surface area contributed by atoms with Gasteiger partial charge in [-0.3, -0.25) is 0 Å². The summed E-state index contributed by atoms with van der Waals surface area (Å²) in [5.74, 6) is 0. The molecule has 22 heavy (non-hydrogen) atoms. The number of nitrogens with one attached hydrogen (secondary N) is 1. The fourth-order valence-electron chi connectivity index (χ4n) is 2.70. The molecule has 0 aromatic heterocycles. The minimum atomic E-state index is 0.0399. The smallest absolute Gasteiger partial charge is 0.104 e. The van der Waals surface area contributed by atoms with Crippen LogP contribution in [0.1, 0.15) is 78.1 Å². The summed E-state index contributed by atoms with van der Waals surface area (Å²) < 4.78 is 10.6. The van der Waals surface area contributed by atoms with Gasteiger partial charge in [-0.2, -0.15) is 0 Å². The number of rotatable bonds is 17. The summed E-state index contributed by atoms with van der Waals surface area (Å²) in [5.41, 5.74) is 0. The lowest BCUT2D eigenvalue weighted by atomic mass is 10.1. The van der Waals surface area contributed by atoms with Crippen molar-refractivity contribution >= 4 is 7.85 Å². The molecule has 2 atom stereocenters. The standard InChI is InChI=1S/C18H38BNO2/c1-4-5-6-7-8-9-10-11-12-13-14-20-17(2)18(15-21-3)22-16-19/h17-18,20H,4-16H2,1-3H3. The van der Waals surface area contributed by atoms with Gasteiger partial charge in [-0.25, -0.2) is 0 Å². The highest BCUT2D eigenvalue weighted by atomic mass is 16.5. The molecule has 2 radical (unpaired) electrons. The molecule has 4 heteroatoms. The molecule has 0 saturated carbocycles. The second-order valence-corrected chi connectivity index (χ2v) is 6.25. The average molecular weight is 311 g/mol. The Kier molecular flexibility index (Phi) is 17.3. The summed E-state index contributed by atoms with van der Waals surface area (Å²) in [6.45, 7) is 6.29. The molecule has 0 aromatic carbocycles. The third kappa shape index (κ3) is 13.6. The zero-order valence-corrected chi connectivity index (χ0v) is 15.2. The SMILES string of the molecule is [B]COC(COC)C(C)NCCCCCCCCCCCC. The summed E-state index contributed by atoms with van der Waals surface area (Å²) in [6.07, 6.45) is 13.8. The van der Waals surface area contributed by atoms with Gasteiger partial charge in [0.2, 0.25) is 0 Å². The van der Waals surface area contributed by atoms with E-state index in [2.05, 4.69) is 19.2 Å². The molecule has 0 fully saturated rings. The predicted octanol–water partition coefficient (Wildman–Crippen LogP) is 4.04. The summed E-state index contributed by atoms with van der Waals surface area (Å²) in [6, 6.07) is 0.280. The first kappa shape index (κ1) is 21.9. The Hall–Kier alpha value is -0.0551. The van der Waals surface area contributed by atoms with E-state index < -0.39 is 0 Å². The molecule has 0 amide bonds. The summed E-state index contributed by atoms with van der Waals surface area (Å²) in [5, 5.41) is 3.52. The average Bonchev–Trinajstić information content (AvgIpc) is 2.52. The summed E-state index contributed by atoms with van der Waals surface area (Å²) in [4.78, 5) is 0. The lowest BCUT2D eigenvalue weighted by molar-refractivity contribution is -0.0000315. The zero-order chi connectivity index (χ0) is 16.5. The van der Waals surface area contributed by atoms with Crippen LogP contribution < -0.4 is 5.32 Å². The molecule has 3 nitrogen and oxygen atoms in total. The van der Waals surface area contributed by atoms with Gasteiger partial charge in [0.25, 0.3) is 0 Å². The summed E-state index contributed by atoms with van der Waals surface area (Å²) in [7, 11) is 7.15. The molecule has 0 aliphatic rings. The van der Waals surface area contributed by atoms with Crippen LogP contribution in [0.15, 0.2) is 0 Å². The van der Waals surface area contributed by atoms with E-state index in [0.717, 1.165) is 6.54 Å². The van der Waals surface area contributed by atoms with Crippen molar-refractivity contribution < 1.29 is 9.47 Å². The Labute approximate surface area is 140 Å². The molecule has 130 valence electrons. The Balaban J connectivity index is 3.37. The maximum atomic E-state index is 5.48. The van der Waals surface area contributed by atoms with Crippen LogP contribution in [0.4, 0.5) is 0 Å². The van der Waals surface area contributed by atoms with E-state index >= 15 is 0 Å². The largest absolute Gasteiger partial charge is 0.384 e. The number of unbranched alkanes of at least 4 members (excludes halogenated alkanes) is 9. The van der Waals surface area contributed by atoms with Crippen LogP contribution in [0.2, 0.25) is 0 Å². The maximum Gasteiger partial charge on any atom is 0.104 e. The Bertz CT molecular complexity index is 211. The molecular formula is C18H38BNO2. The lowest BCUT2D eigenvalue weighted by Crippen LogP contribution is -2.42. The zero-order valence-electron chi connectivity index (χ0n) is 15.2. The Morgan fingerprint density at radius 1 is 0.909 bits per heavy atom. The van der Waals surface area contributed by atoms with Crippen LogP contribution in [-0.2, 0) is 9.47 Å². The van der Waals surface area contributed by atoms with Crippen molar-refractivity contribution in [3.8, 4) is 0 Å². The maximum absolute atomic E-state index is 5.48. The fraction of sp³-hybridized carbons (Fsp3) is 1.00. The minimum absolute atomic E-state index is 0.0399. The molecule has 0 spiro atoms. The monoisotopic (exact) mass is 311 g/mol. The summed E-state index contributed by atoms with van der Waals surface area (Å²) >= 11 is 0. The van der Waals surface area contributed by atoms with E-state index in [1.165, 1.54) is 64.2 Å². The fourth-order valence-corrected chi connectivity index (χ4v) is 2.70. The van der Waals surface area contributed by atoms with Gasteiger partial charge in [0.05, 0.1) is 12.7 Å². The number of ether oxygens (including phenoxy) is 2. The number of hydrogen-bond donors (Lipinski definition) is 1. The third-order valence-corrected chi connectivity index (χ3v) is 4.20. The van der Waals surface area contributed by atoms with Crippen LogP contribution in [0.5, 0.6) is 0 Å². The highest BCUT2D eigenvalue weighted by Crippen LogP contribution is 2.10. The van der Waals surface area contributed by atoms with Gasteiger partial charge < -0.3 is 14.8 Å². The van der Waals surface area contributed by atoms with Crippen LogP contribution in [0.3, 0.4) is 0 Å². The van der Waals surface area contributed by atoms with Gasteiger partial charge in [0.1, 0.15) is 7.85 Å². The number of hydrogen-bond acceptors (Lipinski definition) is 3. The molecule has 0 aromatic rings. The van der Waals surface area contributed by atoms with Crippen molar-refractivity contribution in [2.24, 2.45) is 0 Å². The van der Waals surface area contributed by atoms with E-state index in [4.69, 9.17) is 17.3 Å². The van der Waals surface area contributed by atoms with Gasteiger partial charge in [0.15, 0.2) is 0 Å². The Morgan fingerprint density at radius 3 is 1.95 bits per heavy atom. The molecular weight excluding hydrogens is 273 g/mol. The van der Waals surface area contributed by atoms with E-state index in [0.29, 0.717) is 6.61 Å². The first-order valence-corrected chi connectivity index (χ1v) is 9.30.